The van der Waals surface area contributed by atoms with E-state index in [2.05, 4.69) is 10.6 Å². The molecule has 128 valence electrons. The smallest absolute Gasteiger partial charge is 0.338 e. The number of cyclic esters (lactones) is 1. The van der Waals surface area contributed by atoms with Crippen molar-refractivity contribution in [1.82, 2.24) is 5.32 Å². The number of esters is 1. The number of amides is 1. The molecule has 2 aromatic rings. The second-order valence-corrected chi connectivity index (χ2v) is 6.04. The number of thiocarbonyl (C=S) groups is 1. The SMILES string of the molecule is O=C(COc1ccc(Cl)cc1)NC(=S)Nc1ccc2c(c1)COC2=O. The van der Waals surface area contributed by atoms with Crippen LogP contribution in [0.1, 0.15) is 15.9 Å². The second kappa shape index (κ2) is 7.50. The number of anilines is 1. The van der Waals surface area contributed by atoms with E-state index in [9.17, 15) is 9.59 Å². The monoisotopic (exact) mass is 376 g/mol. The molecule has 0 fully saturated rings. The Labute approximate surface area is 154 Å². The van der Waals surface area contributed by atoms with Gasteiger partial charge in [0.25, 0.3) is 5.91 Å². The van der Waals surface area contributed by atoms with Crippen LogP contribution in [0, 0.1) is 0 Å². The zero-order valence-corrected chi connectivity index (χ0v) is 14.4. The van der Waals surface area contributed by atoms with Gasteiger partial charge in [-0.1, -0.05) is 11.6 Å². The Bertz CT molecular complexity index is 839. The highest BCUT2D eigenvalue weighted by molar-refractivity contribution is 7.80. The lowest BCUT2D eigenvalue weighted by molar-refractivity contribution is -0.121. The number of fused-ring (bicyclic) bond motifs is 1. The van der Waals surface area contributed by atoms with Crippen LogP contribution in [0.15, 0.2) is 42.5 Å². The van der Waals surface area contributed by atoms with Crippen molar-refractivity contribution >= 4 is 46.5 Å². The highest BCUT2D eigenvalue weighted by Crippen LogP contribution is 2.23. The van der Waals surface area contributed by atoms with E-state index >= 15 is 0 Å². The summed E-state index contributed by atoms with van der Waals surface area (Å²) in [5, 5.41) is 6.12. The van der Waals surface area contributed by atoms with Crippen molar-refractivity contribution < 1.29 is 19.1 Å². The molecule has 1 amide bonds. The number of hydrogen-bond donors (Lipinski definition) is 2. The number of carbonyl (C=O) groups is 2. The number of ether oxygens (including phenoxy) is 2. The van der Waals surface area contributed by atoms with Gasteiger partial charge >= 0.3 is 5.97 Å². The van der Waals surface area contributed by atoms with Gasteiger partial charge in [0.1, 0.15) is 12.4 Å². The van der Waals surface area contributed by atoms with Gasteiger partial charge in [-0.3, -0.25) is 10.1 Å². The molecule has 1 aliphatic rings. The molecule has 2 aromatic carbocycles. The molecule has 25 heavy (non-hydrogen) atoms. The first-order valence-electron chi connectivity index (χ1n) is 7.30. The van der Waals surface area contributed by atoms with Crippen molar-refractivity contribution in [2.75, 3.05) is 11.9 Å². The van der Waals surface area contributed by atoms with Crippen LogP contribution in [-0.2, 0) is 16.1 Å². The summed E-state index contributed by atoms with van der Waals surface area (Å²) in [5.74, 6) is -0.203. The molecule has 1 heterocycles. The van der Waals surface area contributed by atoms with Crippen molar-refractivity contribution in [2.24, 2.45) is 0 Å². The quantitative estimate of drug-likeness (QED) is 0.631. The molecule has 0 atom stereocenters. The highest BCUT2D eigenvalue weighted by Gasteiger charge is 2.21. The fraction of sp³-hybridized carbons (Fsp3) is 0.118. The summed E-state index contributed by atoms with van der Waals surface area (Å²) in [6.07, 6.45) is 0. The normalized spacial score (nSPS) is 12.1. The largest absolute Gasteiger partial charge is 0.484 e. The lowest BCUT2D eigenvalue weighted by Gasteiger charge is -2.11. The highest BCUT2D eigenvalue weighted by atomic mass is 35.5. The molecule has 0 bridgehead atoms. The maximum Gasteiger partial charge on any atom is 0.338 e. The third-order valence-electron chi connectivity index (χ3n) is 3.38. The number of nitrogens with one attached hydrogen (secondary N) is 2. The Kier molecular flexibility index (Phi) is 5.16. The van der Waals surface area contributed by atoms with Crippen LogP contribution < -0.4 is 15.4 Å². The van der Waals surface area contributed by atoms with Gasteiger partial charge in [-0.05, 0) is 54.7 Å². The predicted octanol–water partition coefficient (Wildman–Crippen LogP) is 2.90. The summed E-state index contributed by atoms with van der Waals surface area (Å²) in [6, 6.07) is 11.8. The molecule has 6 nitrogen and oxygen atoms in total. The summed E-state index contributed by atoms with van der Waals surface area (Å²) in [4.78, 5) is 23.3. The summed E-state index contributed by atoms with van der Waals surface area (Å²) in [7, 11) is 0. The first-order valence-corrected chi connectivity index (χ1v) is 8.09. The van der Waals surface area contributed by atoms with Crippen molar-refractivity contribution in [3.05, 3.63) is 58.6 Å². The van der Waals surface area contributed by atoms with Gasteiger partial charge in [0.05, 0.1) is 5.56 Å². The van der Waals surface area contributed by atoms with Crippen LogP contribution >= 0.6 is 23.8 Å². The zero-order chi connectivity index (χ0) is 17.8. The summed E-state index contributed by atoms with van der Waals surface area (Å²) < 4.78 is 10.3. The summed E-state index contributed by atoms with van der Waals surface area (Å²) in [5.41, 5.74) is 1.97. The molecule has 0 unspecified atom stereocenters. The van der Waals surface area contributed by atoms with Crippen LogP contribution in [0.5, 0.6) is 5.75 Å². The van der Waals surface area contributed by atoms with E-state index < -0.39 is 5.91 Å². The average molecular weight is 377 g/mol. The fourth-order valence-electron chi connectivity index (χ4n) is 2.22. The van der Waals surface area contributed by atoms with Crippen molar-refractivity contribution in [3.8, 4) is 5.75 Å². The molecule has 0 saturated heterocycles. The van der Waals surface area contributed by atoms with E-state index in [4.69, 9.17) is 33.3 Å². The first kappa shape index (κ1) is 17.2. The number of hydrogen-bond acceptors (Lipinski definition) is 5. The molecule has 1 aliphatic heterocycles. The zero-order valence-electron chi connectivity index (χ0n) is 12.9. The van der Waals surface area contributed by atoms with Gasteiger partial charge in [0.2, 0.25) is 0 Å². The number of rotatable bonds is 4. The van der Waals surface area contributed by atoms with E-state index in [0.29, 0.717) is 22.0 Å². The summed E-state index contributed by atoms with van der Waals surface area (Å²) in [6.45, 7) is 0.0493. The molecule has 2 N–H and O–H groups in total. The third-order valence-corrected chi connectivity index (χ3v) is 3.83. The lowest BCUT2D eigenvalue weighted by Crippen LogP contribution is -2.37. The van der Waals surface area contributed by atoms with Gasteiger partial charge in [-0.25, -0.2) is 4.79 Å². The van der Waals surface area contributed by atoms with Crippen LogP contribution in [0.3, 0.4) is 0 Å². The first-order chi connectivity index (χ1) is 12.0. The molecule has 0 radical (unpaired) electrons. The minimum absolute atomic E-state index is 0.134. The van der Waals surface area contributed by atoms with Gasteiger partial charge in [-0.2, -0.15) is 0 Å². The molecule has 0 aromatic heterocycles. The minimum atomic E-state index is -0.396. The molecular formula is C17H13ClN2O4S. The minimum Gasteiger partial charge on any atom is -0.484 e. The topological polar surface area (TPSA) is 76.7 Å². The van der Waals surface area contributed by atoms with E-state index in [0.717, 1.165) is 5.56 Å². The van der Waals surface area contributed by atoms with Crippen LogP contribution in [0.4, 0.5) is 5.69 Å². The fourth-order valence-corrected chi connectivity index (χ4v) is 2.57. The third kappa shape index (κ3) is 4.46. The van der Waals surface area contributed by atoms with Gasteiger partial charge in [0, 0.05) is 16.3 Å². The van der Waals surface area contributed by atoms with Crippen molar-refractivity contribution in [3.63, 3.8) is 0 Å². The number of halogens is 1. The van der Waals surface area contributed by atoms with E-state index in [1.807, 2.05) is 0 Å². The Morgan fingerprint density at radius 1 is 1.24 bits per heavy atom. The Balaban J connectivity index is 1.49. The van der Waals surface area contributed by atoms with E-state index in [1.165, 1.54) is 0 Å². The Morgan fingerprint density at radius 3 is 2.76 bits per heavy atom. The maximum absolute atomic E-state index is 11.9. The van der Waals surface area contributed by atoms with Crippen LogP contribution in [0.25, 0.3) is 0 Å². The van der Waals surface area contributed by atoms with Crippen LogP contribution in [-0.4, -0.2) is 23.6 Å². The Hall–Kier alpha value is -2.64. The van der Waals surface area contributed by atoms with Gasteiger partial charge in [-0.15, -0.1) is 0 Å². The molecule has 0 aliphatic carbocycles. The molecule has 0 spiro atoms. The molecular weight excluding hydrogens is 364 g/mol. The second-order valence-electron chi connectivity index (χ2n) is 5.19. The molecule has 3 rings (SSSR count). The number of carbonyl (C=O) groups excluding carboxylic acids is 2. The molecule has 0 saturated carbocycles. The predicted molar refractivity (Wildman–Crippen MR) is 96.9 cm³/mol. The number of benzene rings is 2. The maximum atomic E-state index is 11.9. The van der Waals surface area contributed by atoms with E-state index in [1.54, 1.807) is 42.5 Å². The van der Waals surface area contributed by atoms with Crippen molar-refractivity contribution in [2.45, 2.75) is 6.61 Å². The van der Waals surface area contributed by atoms with Crippen LogP contribution in [0.2, 0.25) is 5.02 Å². The molecule has 8 heteroatoms. The average Bonchev–Trinajstić information content (AvgIpc) is 2.95. The Morgan fingerprint density at radius 2 is 2.00 bits per heavy atom. The van der Waals surface area contributed by atoms with Gasteiger partial charge < -0.3 is 14.8 Å². The standard InChI is InChI=1S/C17H13ClN2O4S/c18-11-1-4-13(5-2-11)23-9-15(21)20-17(25)19-12-3-6-14-10(7-12)8-24-16(14)22/h1-7H,8-9H2,(H2,19,20,21,25). The lowest BCUT2D eigenvalue weighted by atomic mass is 10.1. The summed E-state index contributed by atoms with van der Waals surface area (Å²) >= 11 is 10.9. The van der Waals surface area contributed by atoms with E-state index in [-0.39, 0.29) is 24.3 Å². The van der Waals surface area contributed by atoms with Crippen molar-refractivity contribution in [1.29, 1.82) is 0 Å². The van der Waals surface area contributed by atoms with Gasteiger partial charge in [0.15, 0.2) is 11.7 Å².